The maximum absolute atomic E-state index is 8.94. The smallest absolute Gasteiger partial charge is 0.119 e. The van der Waals surface area contributed by atoms with Gasteiger partial charge in [-0.3, -0.25) is 0 Å². The zero-order valence-corrected chi connectivity index (χ0v) is 14.1. The predicted molar refractivity (Wildman–Crippen MR) is 93.9 cm³/mol. The average molecular weight is 290 g/mol. The van der Waals surface area contributed by atoms with Crippen molar-refractivity contribution in [3.8, 4) is 5.75 Å². The van der Waals surface area contributed by atoms with E-state index >= 15 is 0 Å². The molecule has 2 nitrogen and oxygen atoms in total. The summed E-state index contributed by atoms with van der Waals surface area (Å²) in [6, 6.07) is 7.77. The summed E-state index contributed by atoms with van der Waals surface area (Å²) in [5.74, 6) is 0.807. The third-order valence-electron chi connectivity index (χ3n) is 2.21. The lowest BCUT2D eigenvalue weighted by Crippen LogP contribution is -2.12. The zero-order valence-electron chi connectivity index (χ0n) is 14.1. The summed E-state index contributed by atoms with van der Waals surface area (Å²) < 4.78 is 5.27. The van der Waals surface area contributed by atoms with Crippen molar-refractivity contribution in [1.82, 2.24) is 0 Å². The van der Waals surface area contributed by atoms with E-state index in [0.717, 1.165) is 11.3 Å². The highest BCUT2D eigenvalue weighted by molar-refractivity contribution is 5.26. The molecule has 0 radical (unpaired) electrons. The fraction of sp³-hybridized carbons (Fsp3) is 0.368. The van der Waals surface area contributed by atoms with E-state index in [4.69, 9.17) is 9.84 Å². The number of allylic oxidation sites excluding steroid dienone is 4. The van der Waals surface area contributed by atoms with Crippen LogP contribution in [0.1, 0.15) is 33.3 Å². The first kappa shape index (κ1) is 21.5. The minimum Gasteiger partial charge on any atom is -0.491 e. The fourth-order valence-corrected chi connectivity index (χ4v) is 1.11. The molecule has 2 heteroatoms. The molecule has 0 aromatic heterocycles. The number of hydrogen-bond donors (Lipinski definition) is 1. The normalized spacial score (nSPS) is 11.0. The molecule has 0 saturated carbocycles. The van der Waals surface area contributed by atoms with Crippen molar-refractivity contribution < 1.29 is 9.84 Å². The van der Waals surface area contributed by atoms with Crippen LogP contribution in [-0.2, 0) is 0 Å². The minimum absolute atomic E-state index is 0.350. The van der Waals surface area contributed by atoms with E-state index in [-0.39, 0.29) is 0 Å². The van der Waals surface area contributed by atoms with E-state index in [9.17, 15) is 0 Å². The molecule has 118 valence electrons. The second-order valence-electron chi connectivity index (χ2n) is 4.32. The topological polar surface area (TPSA) is 29.5 Å². The Labute approximate surface area is 130 Å². The molecule has 0 aliphatic heterocycles. The van der Waals surface area contributed by atoms with E-state index < -0.39 is 6.10 Å². The summed E-state index contributed by atoms with van der Waals surface area (Å²) in [5.41, 5.74) is 2.36. The third-order valence-corrected chi connectivity index (χ3v) is 2.21. The molecule has 0 spiro atoms. The highest BCUT2D eigenvalue weighted by atomic mass is 16.5. The van der Waals surface area contributed by atoms with Crippen molar-refractivity contribution >= 4 is 0 Å². The standard InChI is InChI=1S/C10H14O2.C7H10.C2H6/c1-8-3-5-10(6-4-8)12-7-9(2)11;1-4-6-7(3)5-2;1-2/h3-6,9,11H,7H2,1-2H3;4-6H,1-2H2,3H3;1-2H3/b;7-6-;. The van der Waals surface area contributed by atoms with E-state index in [1.165, 1.54) is 5.56 Å². The molecule has 0 amide bonds. The van der Waals surface area contributed by atoms with Gasteiger partial charge in [-0.1, -0.05) is 68.5 Å². The summed E-state index contributed by atoms with van der Waals surface area (Å²) >= 11 is 0. The van der Waals surface area contributed by atoms with Crippen LogP contribution in [0.15, 0.2) is 61.2 Å². The molecule has 1 aromatic rings. The van der Waals surface area contributed by atoms with Gasteiger partial charge in [-0.15, -0.1) is 0 Å². The number of ether oxygens (including phenoxy) is 1. The molecule has 0 heterocycles. The predicted octanol–water partition coefficient (Wildman–Crippen LogP) is 5.09. The lowest BCUT2D eigenvalue weighted by molar-refractivity contribution is 0.122. The molecule has 0 aliphatic carbocycles. The van der Waals surface area contributed by atoms with Crippen LogP contribution in [-0.4, -0.2) is 17.8 Å². The molecule has 0 bridgehead atoms. The van der Waals surface area contributed by atoms with Crippen LogP contribution in [0.2, 0.25) is 0 Å². The number of hydrogen-bond acceptors (Lipinski definition) is 2. The van der Waals surface area contributed by atoms with Crippen molar-refractivity contribution in [2.75, 3.05) is 6.61 Å². The van der Waals surface area contributed by atoms with E-state index in [1.807, 2.05) is 58.0 Å². The van der Waals surface area contributed by atoms with Crippen molar-refractivity contribution in [2.45, 2.75) is 40.7 Å². The molecule has 0 saturated heterocycles. The first-order valence-electron chi connectivity index (χ1n) is 7.29. The van der Waals surface area contributed by atoms with E-state index in [2.05, 4.69) is 13.2 Å². The Morgan fingerprint density at radius 1 is 1.24 bits per heavy atom. The summed E-state index contributed by atoms with van der Waals surface area (Å²) in [6.45, 7) is 17.1. The molecule has 1 atom stereocenters. The lowest BCUT2D eigenvalue weighted by Gasteiger charge is -2.07. The van der Waals surface area contributed by atoms with Gasteiger partial charge < -0.3 is 9.84 Å². The van der Waals surface area contributed by atoms with Gasteiger partial charge in [0.15, 0.2) is 0 Å². The van der Waals surface area contributed by atoms with Crippen molar-refractivity contribution in [1.29, 1.82) is 0 Å². The SMILES string of the molecule is C=C/C=C(/C)C=C.CC.Cc1ccc(OCC(C)O)cc1. The lowest BCUT2D eigenvalue weighted by atomic mass is 10.2. The van der Waals surface area contributed by atoms with Gasteiger partial charge in [0.1, 0.15) is 12.4 Å². The maximum atomic E-state index is 8.94. The Bertz CT molecular complexity index is 400. The monoisotopic (exact) mass is 290 g/mol. The molecule has 0 aliphatic rings. The molecule has 1 unspecified atom stereocenters. The minimum atomic E-state index is -0.411. The largest absolute Gasteiger partial charge is 0.491 e. The zero-order chi connectivity index (χ0) is 16.7. The Kier molecular flexibility index (Phi) is 15.0. The van der Waals surface area contributed by atoms with Gasteiger partial charge in [0.2, 0.25) is 0 Å². The van der Waals surface area contributed by atoms with E-state index in [1.54, 1.807) is 19.1 Å². The Balaban J connectivity index is 0. The quantitative estimate of drug-likeness (QED) is 0.766. The van der Waals surface area contributed by atoms with Gasteiger partial charge in [0.25, 0.3) is 0 Å². The Morgan fingerprint density at radius 2 is 1.76 bits per heavy atom. The van der Waals surface area contributed by atoms with Crippen LogP contribution in [0, 0.1) is 6.92 Å². The van der Waals surface area contributed by atoms with Gasteiger partial charge in [-0.05, 0) is 32.9 Å². The van der Waals surface area contributed by atoms with Crippen molar-refractivity contribution in [3.05, 3.63) is 66.8 Å². The average Bonchev–Trinajstić information content (AvgIpc) is 2.49. The Morgan fingerprint density at radius 3 is 2.10 bits per heavy atom. The van der Waals surface area contributed by atoms with Gasteiger partial charge in [-0.2, -0.15) is 0 Å². The number of aryl methyl sites for hydroxylation is 1. The van der Waals surface area contributed by atoms with Gasteiger partial charge in [0.05, 0.1) is 6.10 Å². The van der Waals surface area contributed by atoms with Gasteiger partial charge >= 0.3 is 0 Å². The molecule has 0 fully saturated rings. The summed E-state index contributed by atoms with van der Waals surface area (Å²) in [5, 5.41) is 8.94. The molecule has 1 rings (SSSR count). The van der Waals surface area contributed by atoms with Crippen LogP contribution < -0.4 is 4.74 Å². The molecule has 1 N–H and O–H groups in total. The first-order valence-corrected chi connectivity index (χ1v) is 7.29. The molecular formula is C19H30O2. The highest BCUT2D eigenvalue weighted by Gasteiger charge is 1.96. The molecule has 21 heavy (non-hydrogen) atoms. The second-order valence-corrected chi connectivity index (χ2v) is 4.32. The van der Waals surface area contributed by atoms with Crippen LogP contribution in [0.25, 0.3) is 0 Å². The number of aliphatic hydroxyl groups excluding tert-OH is 1. The summed E-state index contributed by atoms with van der Waals surface area (Å²) in [6.07, 6.45) is 5.04. The number of benzene rings is 1. The maximum Gasteiger partial charge on any atom is 0.119 e. The van der Waals surface area contributed by atoms with Crippen LogP contribution >= 0.6 is 0 Å². The molecular weight excluding hydrogens is 260 g/mol. The van der Waals surface area contributed by atoms with Crippen molar-refractivity contribution in [2.24, 2.45) is 0 Å². The van der Waals surface area contributed by atoms with Crippen LogP contribution in [0.4, 0.5) is 0 Å². The van der Waals surface area contributed by atoms with Crippen LogP contribution in [0.3, 0.4) is 0 Å². The summed E-state index contributed by atoms with van der Waals surface area (Å²) in [4.78, 5) is 0. The Hall–Kier alpha value is -1.80. The third kappa shape index (κ3) is 14.4. The van der Waals surface area contributed by atoms with Crippen LogP contribution in [0.5, 0.6) is 5.75 Å². The van der Waals surface area contributed by atoms with Gasteiger partial charge in [-0.25, -0.2) is 0 Å². The molecule has 1 aromatic carbocycles. The van der Waals surface area contributed by atoms with E-state index in [0.29, 0.717) is 6.61 Å². The first-order chi connectivity index (χ1) is 9.99. The second kappa shape index (κ2) is 14.6. The number of rotatable bonds is 5. The summed E-state index contributed by atoms with van der Waals surface area (Å²) in [7, 11) is 0. The number of aliphatic hydroxyl groups is 1. The highest BCUT2D eigenvalue weighted by Crippen LogP contribution is 2.11. The fourth-order valence-electron chi connectivity index (χ4n) is 1.11. The van der Waals surface area contributed by atoms with Crippen molar-refractivity contribution in [3.63, 3.8) is 0 Å². The van der Waals surface area contributed by atoms with Gasteiger partial charge in [0, 0.05) is 0 Å².